The predicted octanol–water partition coefficient (Wildman–Crippen LogP) is 3.31. The van der Waals surface area contributed by atoms with Crippen LogP contribution in [0.25, 0.3) is 11.4 Å². The Morgan fingerprint density at radius 1 is 1.16 bits per heavy atom. The maximum Gasteiger partial charge on any atom is 0.340 e. The van der Waals surface area contributed by atoms with Gasteiger partial charge in [-0.1, -0.05) is 13.8 Å². The monoisotopic (exact) mass is 260 g/mol. The number of aromatic nitrogens is 2. The Hall–Kier alpha value is -1.97. The summed E-state index contributed by atoms with van der Waals surface area (Å²) < 4.78 is 5.08. The molecule has 2 aromatic heterocycles. The first kappa shape index (κ1) is 13.5. The highest BCUT2D eigenvalue weighted by Crippen LogP contribution is 2.28. The fourth-order valence-electron chi connectivity index (χ4n) is 2.39. The molecule has 0 atom stereocenters. The molecule has 0 saturated carbocycles. The Balaban J connectivity index is 2.45. The van der Waals surface area contributed by atoms with Gasteiger partial charge in [-0.15, -0.1) is 0 Å². The molecule has 0 fully saturated rings. The molecule has 0 aliphatic rings. The Morgan fingerprint density at radius 3 is 2.58 bits per heavy atom. The molecule has 0 unspecified atom stereocenters. The summed E-state index contributed by atoms with van der Waals surface area (Å²) in [6.45, 7) is 6.45. The minimum absolute atomic E-state index is 0.284. The zero-order valence-corrected chi connectivity index (χ0v) is 11.7. The van der Waals surface area contributed by atoms with Crippen LogP contribution in [0.5, 0.6) is 0 Å². The molecule has 0 radical (unpaired) electrons. The van der Waals surface area contributed by atoms with E-state index >= 15 is 0 Å². The van der Waals surface area contributed by atoms with E-state index in [1.54, 1.807) is 12.3 Å². The van der Waals surface area contributed by atoms with E-state index in [4.69, 9.17) is 4.74 Å². The zero-order valence-electron chi connectivity index (χ0n) is 11.7. The third-order valence-corrected chi connectivity index (χ3v) is 3.31. The molecular formula is C15H20N2O2. The van der Waals surface area contributed by atoms with Crippen molar-refractivity contribution in [2.24, 2.45) is 0 Å². The summed E-state index contributed by atoms with van der Waals surface area (Å²) in [6.07, 6.45) is 5.70. The second kappa shape index (κ2) is 5.78. The maximum absolute atomic E-state index is 11.9. The Bertz CT molecular complexity index is 566. The molecule has 19 heavy (non-hydrogen) atoms. The van der Waals surface area contributed by atoms with Crippen molar-refractivity contribution in [1.82, 2.24) is 9.97 Å². The summed E-state index contributed by atoms with van der Waals surface area (Å²) >= 11 is 0. The van der Waals surface area contributed by atoms with Crippen LogP contribution in [0.4, 0.5) is 0 Å². The van der Waals surface area contributed by atoms with Gasteiger partial charge in [0.25, 0.3) is 0 Å². The standard InChI is InChI=1S/C15H20N2O2/c1-4-10-9-17-13(11(10)5-2)14-12(7-8-16-14)15(18)19-6-3/h7-9,16-17H,4-6H2,1-3H3. The average molecular weight is 260 g/mol. The van der Waals surface area contributed by atoms with Gasteiger partial charge in [0, 0.05) is 12.4 Å². The van der Waals surface area contributed by atoms with Crippen LogP contribution >= 0.6 is 0 Å². The van der Waals surface area contributed by atoms with Crippen molar-refractivity contribution in [3.8, 4) is 11.4 Å². The van der Waals surface area contributed by atoms with Gasteiger partial charge in [0.1, 0.15) is 0 Å². The minimum atomic E-state index is -0.284. The van der Waals surface area contributed by atoms with Crippen LogP contribution in [0.15, 0.2) is 18.5 Å². The number of hydrogen-bond acceptors (Lipinski definition) is 2. The van der Waals surface area contributed by atoms with E-state index in [-0.39, 0.29) is 5.97 Å². The van der Waals surface area contributed by atoms with Crippen molar-refractivity contribution in [2.75, 3.05) is 6.61 Å². The zero-order chi connectivity index (χ0) is 13.8. The van der Waals surface area contributed by atoms with Crippen LogP contribution in [-0.2, 0) is 17.6 Å². The molecule has 4 heteroatoms. The lowest BCUT2D eigenvalue weighted by molar-refractivity contribution is 0.0527. The first-order valence-electron chi connectivity index (χ1n) is 6.76. The van der Waals surface area contributed by atoms with Crippen LogP contribution in [0.2, 0.25) is 0 Å². The van der Waals surface area contributed by atoms with Crippen LogP contribution in [-0.4, -0.2) is 22.5 Å². The van der Waals surface area contributed by atoms with Crippen LogP contribution < -0.4 is 0 Å². The van der Waals surface area contributed by atoms with Crippen molar-refractivity contribution in [2.45, 2.75) is 33.6 Å². The Labute approximate surface area is 113 Å². The number of nitrogens with one attached hydrogen (secondary N) is 2. The third kappa shape index (κ3) is 2.43. The fourth-order valence-corrected chi connectivity index (χ4v) is 2.39. The second-order valence-corrected chi connectivity index (χ2v) is 4.36. The van der Waals surface area contributed by atoms with Crippen LogP contribution in [0.3, 0.4) is 0 Å². The Morgan fingerprint density at radius 2 is 1.95 bits per heavy atom. The van der Waals surface area contributed by atoms with E-state index in [0.29, 0.717) is 12.2 Å². The molecule has 0 aliphatic carbocycles. The number of ether oxygens (including phenoxy) is 1. The van der Waals surface area contributed by atoms with Gasteiger partial charge in [0.05, 0.1) is 23.6 Å². The molecule has 2 aromatic rings. The molecule has 4 nitrogen and oxygen atoms in total. The van der Waals surface area contributed by atoms with Gasteiger partial charge in [0.2, 0.25) is 0 Å². The predicted molar refractivity (Wildman–Crippen MR) is 75.3 cm³/mol. The highest BCUT2D eigenvalue weighted by Gasteiger charge is 2.19. The van der Waals surface area contributed by atoms with Gasteiger partial charge >= 0.3 is 5.97 Å². The van der Waals surface area contributed by atoms with E-state index in [1.807, 2.05) is 13.1 Å². The number of hydrogen-bond donors (Lipinski definition) is 2. The third-order valence-electron chi connectivity index (χ3n) is 3.31. The number of carbonyl (C=O) groups is 1. The summed E-state index contributed by atoms with van der Waals surface area (Å²) in [6, 6.07) is 1.76. The van der Waals surface area contributed by atoms with Crippen molar-refractivity contribution in [3.05, 3.63) is 35.2 Å². The molecule has 0 bridgehead atoms. The highest BCUT2D eigenvalue weighted by atomic mass is 16.5. The van der Waals surface area contributed by atoms with E-state index < -0.39 is 0 Å². The largest absolute Gasteiger partial charge is 0.462 e. The Kier molecular flexibility index (Phi) is 4.10. The first-order valence-corrected chi connectivity index (χ1v) is 6.76. The van der Waals surface area contributed by atoms with E-state index in [0.717, 1.165) is 24.2 Å². The lowest BCUT2D eigenvalue weighted by atomic mass is 10.0. The van der Waals surface area contributed by atoms with Gasteiger partial charge in [-0.2, -0.15) is 0 Å². The molecular weight excluding hydrogens is 240 g/mol. The lowest BCUT2D eigenvalue weighted by Gasteiger charge is -2.06. The second-order valence-electron chi connectivity index (χ2n) is 4.36. The fraction of sp³-hybridized carbons (Fsp3) is 0.400. The minimum Gasteiger partial charge on any atom is -0.462 e. The molecule has 2 N–H and O–H groups in total. The van der Waals surface area contributed by atoms with E-state index in [9.17, 15) is 4.79 Å². The van der Waals surface area contributed by atoms with E-state index in [1.165, 1.54) is 11.1 Å². The number of aryl methyl sites for hydroxylation is 1. The summed E-state index contributed by atoms with van der Waals surface area (Å²) in [5.74, 6) is -0.284. The van der Waals surface area contributed by atoms with Crippen molar-refractivity contribution >= 4 is 5.97 Å². The molecule has 0 spiro atoms. The molecule has 0 saturated heterocycles. The smallest absolute Gasteiger partial charge is 0.340 e. The summed E-state index contributed by atoms with van der Waals surface area (Å²) in [5.41, 5.74) is 4.95. The number of esters is 1. The van der Waals surface area contributed by atoms with Crippen molar-refractivity contribution in [1.29, 1.82) is 0 Å². The number of H-pyrrole nitrogens is 2. The molecule has 2 heterocycles. The molecule has 0 aliphatic heterocycles. The van der Waals surface area contributed by atoms with Gasteiger partial charge < -0.3 is 14.7 Å². The number of carbonyl (C=O) groups excluding carboxylic acids is 1. The molecule has 102 valence electrons. The number of rotatable bonds is 5. The van der Waals surface area contributed by atoms with Crippen molar-refractivity contribution in [3.63, 3.8) is 0 Å². The quantitative estimate of drug-likeness (QED) is 0.810. The van der Waals surface area contributed by atoms with Crippen molar-refractivity contribution < 1.29 is 9.53 Å². The average Bonchev–Trinajstić information content (AvgIpc) is 3.04. The molecule has 0 amide bonds. The van der Waals surface area contributed by atoms with Gasteiger partial charge in [-0.3, -0.25) is 0 Å². The van der Waals surface area contributed by atoms with Crippen LogP contribution in [0, 0.1) is 0 Å². The molecule has 2 rings (SSSR count). The number of aromatic amines is 2. The lowest BCUT2D eigenvalue weighted by Crippen LogP contribution is -2.05. The maximum atomic E-state index is 11.9. The molecule has 0 aromatic carbocycles. The first-order chi connectivity index (χ1) is 9.22. The van der Waals surface area contributed by atoms with Gasteiger partial charge in [-0.05, 0) is 37.0 Å². The summed E-state index contributed by atoms with van der Waals surface area (Å²) in [7, 11) is 0. The van der Waals surface area contributed by atoms with Gasteiger partial charge in [0.15, 0.2) is 0 Å². The van der Waals surface area contributed by atoms with E-state index in [2.05, 4.69) is 23.8 Å². The summed E-state index contributed by atoms with van der Waals surface area (Å²) in [5, 5.41) is 0. The van der Waals surface area contributed by atoms with Gasteiger partial charge in [-0.25, -0.2) is 4.79 Å². The normalized spacial score (nSPS) is 10.7. The topological polar surface area (TPSA) is 57.9 Å². The summed E-state index contributed by atoms with van der Waals surface area (Å²) in [4.78, 5) is 18.3. The van der Waals surface area contributed by atoms with Crippen LogP contribution in [0.1, 0.15) is 42.3 Å². The highest BCUT2D eigenvalue weighted by molar-refractivity contribution is 5.96. The SMILES string of the molecule is CCOC(=O)c1cc[nH]c1-c1[nH]cc(CC)c1CC.